The third kappa shape index (κ3) is 2.54. The predicted molar refractivity (Wildman–Crippen MR) is 86.0 cm³/mol. The average molecular weight is 299 g/mol. The van der Waals surface area contributed by atoms with Crippen molar-refractivity contribution in [3.05, 3.63) is 46.5 Å². The lowest BCUT2D eigenvalue weighted by molar-refractivity contribution is 0.0828. The molecule has 0 bridgehead atoms. The number of fused-ring (bicyclic) bond motifs is 1. The first-order valence-electron chi connectivity index (χ1n) is 7.84. The summed E-state index contributed by atoms with van der Waals surface area (Å²) in [6.07, 6.45) is 5.73. The lowest BCUT2D eigenvalue weighted by atomic mass is 9.75. The zero-order valence-corrected chi connectivity index (χ0v) is 13.0. The molecule has 4 nitrogen and oxygen atoms in total. The second kappa shape index (κ2) is 5.59. The largest absolute Gasteiger partial charge is 0.430 e. The Balaban J connectivity index is 1.96. The lowest BCUT2D eigenvalue weighted by Gasteiger charge is -2.40. The van der Waals surface area contributed by atoms with Crippen molar-refractivity contribution in [2.75, 3.05) is 0 Å². The fourth-order valence-electron chi connectivity index (χ4n) is 3.33. The summed E-state index contributed by atoms with van der Waals surface area (Å²) in [4.78, 5) is 24.5. The average Bonchev–Trinajstić information content (AvgIpc) is 2.51. The normalized spacial score (nSPS) is 25.1. The number of carbonyl (C=O) groups is 1. The summed E-state index contributed by atoms with van der Waals surface area (Å²) in [5.74, 6) is 0.267. The molecule has 1 aliphatic carbocycles. The Labute approximate surface area is 129 Å². The van der Waals surface area contributed by atoms with Crippen LogP contribution in [-0.4, -0.2) is 11.4 Å². The minimum atomic E-state index is -0.413. The Morgan fingerprint density at radius 3 is 2.73 bits per heavy atom. The molecule has 1 aromatic heterocycles. The van der Waals surface area contributed by atoms with Gasteiger partial charge in [-0.1, -0.05) is 38.0 Å². The maximum atomic E-state index is 12.7. The molecule has 1 fully saturated rings. The molecule has 1 heterocycles. The van der Waals surface area contributed by atoms with Crippen LogP contribution in [0.2, 0.25) is 0 Å². The van der Waals surface area contributed by atoms with E-state index in [1.807, 2.05) is 6.07 Å². The fraction of sp³-hybridized carbons (Fsp3) is 0.444. The van der Waals surface area contributed by atoms with Gasteiger partial charge in [-0.2, -0.15) is 0 Å². The Hall–Kier alpha value is -2.10. The smallest absolute Gasteiger partial charge is 0.343 e. The fourth-order valence-corrected chi connectivity index (χ4v) is 3.33. The second-order valence-electron chi connectivity index (χ2n) is 6.50. The van der Waals surface area contributed by atoms with Gasteiger partial charge < -0.3 is 9.73 Å². The topological polar surface area (TPSA) is 59.3 Å². The van der Waals surface area contributed by atoms with E-state index in [1.165, 1.54) is 12.7 Å². The molecule has 4 heteroatoms. The van der Waals surface area contributed by atoms with E-state index in [1.54, 1.807) is 18.2 Å². The second-order valence-corrected chi connectivity index (χ2v) is 6.50. The van der Waals surface area contributed by atoms with Crippen molar-refractivity contribution in [2.24, 2.45) is 5.92 Å². The van der Waals surface area contributed by atoms with Gasteiger partial charge in [0, 0.05) is 10.9 Å². The van der Waals surface area contributed by atoms with Gasteiger partial charge in [-0.05, 0) is 31.7 Å². The van der Waals surface area contributed by atoms with Crippen LogP contribution in [-0.2, 0) is 0 Å². The third-order valence-electron chi connectivity index (χ3n) is 5.04. The van der Waals surface area contributed by atoms with Crippen LogP contribution >= 0.6 is 0 Å². The molecule has 2 atom stereocenters. The van der Waals surface area contributed by atoms with Crippen LogP contribution in [0.15, 0.2) is 39.7 Å². The molecule has 1 saturated carbocycles. The van der Waals surface area contributed by atoms with Gasteiger partial charge in [0.2, 0.25) is 0 Å². The van der Waals surface area contributed by atoms with Crippen molar-refractivity contribution in [3.63, 3.8) is 0 Å². The number of hydrogen-bond acceptors (Lipinski definition) is 3. The molecule has 2 aromatic rings. The monoisotopic (exact) mass is 299 g/mol. The van der Waals surface area contributed by atoms with E-state index >= 15 is 0 Å². The highest BCUT2D eigenvalue weighted by Crippen LogP contribution is 2.33. The molecule has 0 saturated heterocycles. The van der Waals surface area contributed by atoms with Gasteiger partial charge >= 0.3 is 5.63 Å². The number of nitrogens with one attached hydrogen (secondary N) is 1. The van der Waals surface area contributed by atoms with Crippen LogP contribution in [0.3, 0.4) is 0 Å². The predicted octanol–water partition coefficient (Wildman–Crippen LogP) is 3.49. The van der Waals surface area contributed by atoms with Crippen LogP contribution in [0.1, 0.15) is 49.9 Å². The van der Waals surface area contributed by atoms with Gasteiger partial charge in [-0.3, -0.25) is 4.79 Å². The van der Waals surface area contributed by atoms with Crippen molar-refractivity contribution in [1.29, 1.82) is 0 Å². The zero-order chi connectivity index (χ0) is 15.7. The van der Waals surface area contributed by atoms with Crippen LogP contribution in [0, 0.1) is 5.92 Å². The molecular formula is C18H21NO3. The molecule has 1 aromatic carbocycles. The van der Waals surface area contributed by atoms with E-state index in [4.69, 9.17) is 4.42 Å². The summed E-state index contributed by atoms with van der Waals surface area (Å²) in [6.45, 7) is 4.29. The van der Waals surface area contributed by atoms with E-state index in [9.17, 15) is 9.59 Å². The van der Waals surface area contributed by atoms with Gasteiger partial charge in [-0.15, -0.1) is 0 Å². The molecule has 1 N–H and O–H groups in total. The van der Waals surface area contributed by atoms with E-state index in [-0.39, 0.29) is 11.4 Å². The van der Waals surface area contributed by atoms with E-state index in [0.717, 1.165) is 19.3 Å². The third-order valence-corrected chi connectivity index (χ3v) is 5.04. The summed E-state index contributed by atoms with van der Waals surface area (Å²) in [5.41, 5.74) is -0.189. The molecular weight excluding hydrogens is 278 g/mol. The first-order valence-corrected chi connectivity index (χ1v) is 7.84. The number of carbonyl (C=O) groups excluding carboxylic acids is 1. The molecule has 3 rings (SSSR count). The Morgan fingerprint density at radius 1 is 1.27 bits per heavy atom. The highest BCUT2D eigenvalue weighted by Gasteiger charge is 2.35. The van der Waals surface area contributed by atoms with Crippen molar-refractivity contribution >= 4 is 16.7 Å². The van der Waals surface area contributed by atoms with Crippen molar-refractivity contribution in [3.8, 4) is 0 Å². The van der Waals surface area contributed by atoms with Gasteiger partial charge in [0.1, 0.15) is 6.26 Å². The summed E-state index contributed by atoms with van der Waals surface area (Å²) in [5, 5.41) is 4.26. The van der Waals surface area contributed by atoms with Crippen molar-refractivity contribution < 1.29 is 9.21 Å². The number of amides is 1. The molecule has 1 aliphatic rings. The molecule has 1 amide bonds. The van der Waals surface area contributed by atoms with Gasteiger partial charge in [0.25, 0.3) is 5.91 Å². The highest BCUT2D eigenvalue weighted by atomic mass is 16.4. The van der Waals surface area contributed by atoms with Crippen molar-refractivity contribution in [2.45, 2.75) is 45.1 Å². The summed E-state index contributed by atoms with van der Waals surface area (Å²) in [7, 11) is 0. The van der Waals surface area contributed by atoms with E-state index < -0.39 is 5.63 Å². The quantitative estimate of drug-likeness (QED) is 0.923. The minimum Gasteiger partial charge on any atom is -0.430 e. The van der Waals surface area contributed by atoms with Crippen LogP contribution in [0.25, 0.3) is 10.8 Å². The Bertz CT molecular complexity index is 764. The zero-order valence-electron chi connectivity index (χ0n) is 13.0. The minimum absolute atomic E-state index is 0.170. The SMILES string of the molecule is CC1CCCCC1(C)NC(=O)c1coc(=O)c2ccccc12. The highest BCUT2D eigenvalue weighted by molar-refractivity contribution is 6.06. The Kier molecular flexibility index (Phi) is 3.77. The Morgan fingerprint density at radius 2 is 2.00 bits per heavy atom. The molecule has 0 aliphatic heterocycles. The van der Waals surface area contributed by atoms with Gasteiger partial charge in [0.05, 0.1) is 10.9 Å². The van der Waals surface area contributed by atoms with Gasteiger partial charge in [-0.25, -0.2) is 4.79 Å². The first-order chi connectivity index (χ1) is 10.5. The molecule has 2 unspecified atom stereocenters. The van der Waals surface area contributed by atoms with Crippen molar-refractivity contribution in [1.82, 2.24) is 5.32 Å². The summed E-state index contributed by atoms with van der Waals surface area (Å²) < 4.78 is 5.03. The van der Waals surface area contributed by atoms with Crippen LogP contribution in [0.4, 0.5) is 0 Å². The molecule has 116 valence electrons. The number of rotatable bonds is 2. The lowest BCUT2D eigenvalue weighted by Crippen LogP contribution is -2.52. The maximum Gasteiger partial charge on any atom is 0.343 e. The van der Waals surface area contributed by atoms with Crippen LogP contribution < -0.4 is 10.9 Å². The van der Waals surface area contributed by atoms with E-state index in [2.05, 4.69) is 19.2 Å². The summed E-state index contributed by atoms with van der Waals surface area (Å²) in [6, 6.07) is 7.06. The number of hydrogen-bond donors (Lipinski definition) is 1. The van der Waals surface area contributed by atoms with E-state index in [0.29, 0.717) is 22.3 Å². The van der Waals surface area contributed by atoms with Crippen LogP contribution in [0.5, 0.6) is 0 Å². The molecule has 22 heavy (non-hydrogen) atoms. The van der Waals surface area contributed by atoms with Gasteiger partial charge in [0.15, 0.2) is 0 Å². The number of benzene rings is 1. The first kappa shape index (κ1) is 14.8. The summed E-state index contributed by atoms with van der Waals surface area (Å²) >= 11 is 0. The molecule has 0 radical (unpaired) electrons. The maximum absolute atomic E-state index is 12.7. The standard InChI is InChI=1S/C18H21NO3/c1-12-7-5-6-10-18(12,2)19-16(20)15-11-22-17(21)14-9-4-3-8-13(14)15/h3-4,8-9,11-12H,5-7,10H2,1-2H3,(H,19,20). The molecule has 0 spiro atoms.